The molecule has 1 aromatic heterocycles. The SMILES string of the molecule is CCCCOc1cc(F)ccc1-c1cnn(CC(=O)O)c1C. The Bertz CT molecular complexity index is 667. The molecule has 0 aliphatic carbocycles. The van der Waals surface area contributed by atoms with Crippen molar-refractivity contribution < 1.29 is 19.0 Å². The van der Waals surface area contributed by atoms with E-state index in [1.807, 2.05) is 0 Å². The smallest absolute Gasteiger partial charge is 0.325 e. The Balaban J connectivity index is 2.35. The second-order valence-corrected chi connectivity index (χ2v) is 5.04. The topological polar surface area (TPSA) is 64.4 Å². The summed E-state index contributed by atoms with van der Waals surface area (Å²) in [6.45, 7) is 4.13. The molecule has 1 N–H and O–H groups in total. The average Bonchev–Trinajstić information content (AvgIpc) is 2.80. The van der Waals surface area contributed by atoms with E-state index in [4.69, 9.17) is 9.84 Å². The first kappa shape index (κ1) is 16.0. The van der Waals surface area contributed by atoms with Gasteiger partial charge >= 0.3 is 5.97 Å². The summed E-state index contributed by atoms with van der Waals surface area (Å²) in [5.41, 5.74) is 2.16. The van der Waals surface area contributed by atoms with Gasteiger partial charge in [-0.25, -0.2) is 4.39 Å². The third-order valence-electron chi connectivity index (χ3n) is 3.38. The molecular formula is C16H19FN2O3. The van der Waals surface area contributed by atoms with Crippen molar-refractivity contribution in [2.75, 3.05) is 6.61 Å². The van der Waals surface area contributed by atoms with E-state index in [1.165, 1.54) is 16.8 Å². The number of nitrogens with zero attached hydrogens (tertiary/aromatic N) is 2. The van der Waals surface area contributed by atoms with Gasteiger partial charge in [0.1, 0.15) is 18.1 Å². The Kier molecular flexibility index (Phi) is 5.14. The molecular weight excluding hydrogens is 287 g/mol. The number of carboxylic acid groups (broad SMARTS) is 1. The highest BCUT2D eigenvalue weighted by Crippen LogP contribution is 2.33. The first-order chi connectivity index (χ1) is 10.5. The van der Waals surface area contributed by atoms with E-state index in [2.05, 4.69) is 12.0 Å². The van der Waals surface area contributed by atoms with E-state index in [-0.39, 0.29) is 12.4 Å². The monoisotopic (exact) mass is 306 g/mol. The van der Waals surface area contributed by atoms with Crippen molar-refractivity contribution in [3.8, 4) is 16.9 Å². The number of carboxylic acids is 1. The van der Waals surface area contributed by atoms with Crippen LogP contribution < -0.4 is 4.74 Å². The molecule has 118 valence electrons. The van der Waals surface area contributed by atoms with Crippen molar-refractivity contribution in [2.24, 2.45) is 0 Å². The highest BCUT2D eigenvalue weighted by Gasteiger charge is 2.15. The first-order valence-electron chi connectivity index (χ1n) is 7.19. The van der Waals surface area contributed by atoms with Crippen LogP contribution >= 0.6 is 0 Å². The lowest BCUT2D eigenvalue weighted by Gasteiger charge is -2.11. The van der Waals surface area contributed by atoms with Gasteiger partial charge in [0, 0.05) is 22.9 Å². The summed E-state index contributed by atoms with van der Waals surface area (Å²) in [5.74, 6) is -0.881. The van der Waals surface area contributed by atoms with Crippen LogP contribution in [0.1, 0.15) is 25.5 Å². The zero-order valence-electron chi connectivity index (χ0n) is 12.7. The van der Waals surface area contributed by atoms with Crippen molar-refractivity contribution in [1.82, 2.24) is 9.78 Å². The summed E-state index contributed by atoms with van der Waals surface area (Å²) in [6, 6.07) is 4.33. The minimum Gasteiger partial charge on any atom is -0.493 e. The fourth-order valence-corrected chi connectivity index (χ4v) is 2.16. The van der Waals surface area contributed by atoms with E-state index in [0.29, 0.717) is 23.6 Å². The van der Waals surface area contributed by atoms with Crippen LogP contribution in [0.4, 0.5) is 4.39 Å². The lowest BCUT2D eigenvalue weighted by atomic mass is 10.1. The standard InChI is InChI=1S/C16H19FN2O3/c1-3-4-7-22-15-8-12(17)5-6-13(15)14-9-18-19(11(14)2)10-16(20)21/h5-6,8-9H,3-4,7,10H2,1-2H3,(H,20,21). The molecule has 22 heavy (non-hydrogen) atoms. The summed E-state index contributed by atoms with van der Waals surface area (Å²) < 4.78 is 20.5. The lowest BCUT2D eigenvalue weighted by molar-refractivity contribution is -0.137. The number of benzene rings is 1. The molecule has 0 bridgehead atoms. The predicted octanol–water partition coefficient (Wildman–Crippen LogP) is 3.26. The van der Waals surface area contributed by atoms with Crippen LogP contribution in [-0.2, 0) is 11.3 Å². The zero-order chi connectivity index (χ0) is 16.1. The molecule has 1 aromatic carbocycles. The summed E-state index contributed by atoms with van der Waals surface area (Å²) in [6.07, 6.45) is 3.45. The van der Waals surface area contributed by atoms with Crippen molar-refractivity contribution in [2.45, 2.75) is 33.2 Å². The molecule has 0 saturated heterocycles. The van der Waals surface area contributed by atoms with Crippen LogP contribution in [-0.4, -0.2) is 27.5 Å². The van der Waals surface area contributed by atoms with E-state index in [1.54, 1.807) is 19.2 Å². The van der Waals surface area contributed by atoms with Gasteiger partial charge in [0.25, 0.3) is 0 Å². The summed E-state index contributed by atoms with van der Waals surface area (Å²) in [4.78, 5) is 10.8. The number of hydrogen-bond donors (Lipinski definition) is 1. The Morgan fingerprint density at radius 1 is 1.41 bits per heavy atom. The minimum absolute atomic E-state index is 0.209. The number of carbonyl (C=O) groups is 1. The number of aromatic nitrogens is 2. The maximum atomic E-state index is 13.5. The van der Waals surface area contributed by atoms with Crippen LogP contribution in [0.2, 0.25) is 0 Å². The molecule has 0 saturated carbocycles. The number of unbranched alkanes of at least 4 members (excludes halogenated alkanes) is 1. The van der Waals surface area contributed by atoms with Crippen molar-refractivity contribution >= 4 is 5.97 Å². The Labute approximate surface area is 128 Å². The van der Waals surface area contributed by atoms with Crippen LogP contribution in [0.5, 0.6) is 5.75 Å². The normalized spacial score (nSPS) is 10.7. The third-order valence-corrected chi connectivity index (χ3v) is 3.38. The van der Waals surface area contributed by atoms with Crippen LogP contribution in [0, 0.1) is 12.7 Å². The fraction of sp³-hybridized carbons (Fsp3) is 0.375. The van der Waals surface area contributed by atoms with Gasteiger partial charge < -0.3 is 9.84 Å². The molecule has 0 fully saturated rings. The zero-order valence-corrected chi connectivity index (χ0v) is 12.7. The molecule has 2 aromatic rings. The molecule has 0 radical (unpaired) electrons. The van der Waals surface area contributed by atoms with E-state index >= 15 is 0 Å². The number of hydrogen-bond acceptors (Lipinski definition) is 3. The number of halogens is 1. The van der Waals surface area contributed by atoms with Crippen molar-refractivity contribution in [1.29, 1.82) is 0 Å². The Morgan fingerprint density at radius 3 is 2.86 bits per heavy atom. The van der Waals surface area contributed by atoms with Gasteiger partial charge in [-0.05, 0) is 25.5 Å². The number of aliphatic carboxylic acids is 1. The van der Waals surface area contributed by atoms with Gasteiger partial charge in [0.05, 0.1) is 12.8 Å². The largest absolute Gasteiger partial charge is 0.493 e. The van der Waals surface area contributed by atoms with Gasteiger partial charge in [-0.3, -0.25) is 9.48 Å². The molecule has 0 aliphatic rings. The molecule has 0 atom stereocenters. The molecule has 1 heterocycles. The maximum absolute atomic E-state index is 13.5. The van der Waals surface area contributed by atoms with Gasteiger partial charge in [0.2, 0.25) is 0 Å². The third kappa shape index (κ3) is 3.63. The number of rotatable bonds is 7. The van der Waals surface area contributed by atoms with E-state index < -0.39 is 5.97 Å². The van der Waals surface area contributed by atoms with Gasteiger partial charge in [0.15, 0.2) is 0 Å². The molecule has 0 aliphatic heterocycles. The average molecular weight is 306 g/mol. The molecule has 0 amide bonds. The summed E-state index contributed by atoms with van der Waals surface area (Å²) >= 11 is 0. The predicted molar refractivity (Wildman–Crippen MR) is 80.4 cm³/mol. The van der Waals surface area contributed by atoms with Gasteiger partial charge in [-0.2, -0.15) is 5.10 Å². The van der Waals surface area contributed by atoms with E-state index in [9.17, 15) is 9.18 Å². The fourth-order valence-electron chi connectivity index (χ4n) is 2.16. The maximum Gasteiger partial charge on any atom is 0.325 e. The van der Waals surface area contributed by atoms with Crippen molar-refractivity contribution in [3.05, 3.63) is 35.9 Å². The van der Waals surface area contributed by atoms with E-state index in [0.717, 1.165) is 18.4 Å². The lowest BCUT2D eigenvalue weighted by Crippen LogP contribution is -2.11. The highest BCUT2D eigenvalue weighted by atomic mass is 19.1. The minimum atomic E-state index is -0.962. The highest BCUT2D eigenvalue weighted by molar-refractivity contribution is 5.73. The second kappa shape index (κ2) is 7.06. The van der Waals surface area contributed by atoms with Crippen LogP contribution in [0.15, 0.2) is 24.4 Å². The summed E-state index contributed by atoms with van der Waals surface area (Å²) in [7, 11) is 0. The van der Waals surface area contributed by atoms with Gasteiger partial charge in [-0.15, -0.1) is 0 Å². The molecule has 5 nitrogen and oxygen atoms in total. The molecule has 2 rings (SSSR count). The van der Waals surface area contributed by atoms with Crippen LogP contribution in [0.25, 0.3) is 11.1 Å². The second-order valence-electron chi connectivity index (χ2n) is 5.04. The molecule has 0 unspecified atom stereocenters. The van der Waals surface area contributed by atoms with Gasteiger partial charge in [-0.1, -0.05) is 13.3 Å². The van der Waals surface area contributed by atoms with Crippen molar-refractivity contribution in [3.63, 3.8) is 0 Å². The first-order valence-corrected chi connectivity index (χ1v) is 7.19. The number of ether oxygens (including phenoxy) is 1. The Hall–Kier alpha value is -2.37. The molecule has 6 heteroatoms. The van der Waals surface area contributed by atoms with Crippen LogP contribution in [0.3, 0.4) is 0 Å². The Morgan fingerprint density at radius 2 is 2.18 bits per heavy atom. The summed E-state index contributed by atoms with van der Waals surface area (Å²) in [5, 5.41) is 12.9. The quantitative estimate of drug-likeness (QED) is 0.797. The molecule has 0 spiro atoms.